The van der Waals surface area contributed by atoms with E-state index in [1.54, 1.807) is 0 Å². The number of benzene rings is 2. The first-order valence-corrected chi connectivity index (χ1v) is 10.1. The maximum atomic E-state index is 13.3. The van der Waals surface area contributed by atoms with Crippen molar-refractivity contribution in [2.24, 2.45) is 0 Å². The molecule has 2 aromatic rings. The molecule has 1 N–H and O–H groups in total. The number of nitrogens with one attached hydrogen (secondary N) is 1. The van der Waals surface area contributed by atoms with Crippen molar-refractivity contribution >= 4 is 11.6 Å². The third-order valence-corrected chi connectivity index (χ3v) is 5.83. The Bertz CT molecular complexity index is 768. The van der Waals surface area contributed by atoms with Crippen LogP contribution in [0.4, 0.5) is 5.69 Å². The molecular weight excluding hydrogens is 334 g/mol. The molecular formula is C24H31NO2. The molecule has 144 valence electrons. The van der Waals surface area contributed by atoms with Crippen molar-refractivity contribution in [3.8, 4) is 5.75 Å². The quantitative estimate of drug-likeness (QED) is 0.689. The lowest BCUT2D eigenvalue weighted by Crippen LogP contribution is -2.38. The van der Waals surface area contributed by atoms with Crippen LogP contribution in [-0.4, -0.2) is 12.0 Å². The van der Waals surface area contributed by atoms with Gasteiger partial charge in [0.05, 0.1) is 11.5 Å². The molecule has 0 heterocycles. The van der Waals surface area contributed by atoms with Gasteiger partial charge in [-0.2, -0.15) is 0 Å². The standard InChI is InChI=1S/C24H31NO2/c1-5-19(4)27-22-17(2)15-21(16-18(22)3)25-23(26)24(13-9-10-14-24)20-11-7-6-8-12-20/h6-8,11-12,15-16,19H,5,9-10,13-14H2,1-4H3,(H,25,26)/t19-/m0/s1. The molecule has 0 saturated heterocycles. The van der Waals surface area contributed by atoms with Crippen molar-refractivity contribution in [1.82, 2.24) is 0 Å². The predicted molar refractivity (Wildman–Crippen MR) is 112 cm³/mol. The molecule has 0 spiro atoms. The summed E-state index contributed by atoms with van der Waals surface area (Å²) in [4.78, 5) is 13.3. The Morgan fingerprint density at radius 1 is 1.11 bits per heavy atom. The van der Waals surface area contributed by atoms with Gasteiger partial charge in [0, 0.05) is 5.69 Å². The average Bonchev–Trinajstić information content (AvgIpc) is 3.16. The fourth-order valence-corrected chi connectivity index (χ4v) is 4.13. The summed E-state index contributed by atoms with van der Waals surface area (Å²) >= 11 is 0. The van der Waals surface area contributed by atoms with Crippen molar-refractivity contribution in [3.05, 3.63) is 59.2 Å². The number of aryl methyl sites for hydroxylation is 2. The second-order valence-corrected chi connectivity index (χ2v) is 7.89. The van der Waals surface area contributed by atoms with Crippen molar-refractivity contribution in [3.63, 3.8) is 0 Å². The Kier molecular flexibility index (Phi) is 5.88. The van der Waals surface area contributed by atoms with Gasteiger partial charge in [0.15, 0.2) is 0 Å². The van der Waals surface area contributed by atoms with Gasteiger partial charge in [-0.15, -0.1) is 0 Å². The van der Waals surface area contributed by atoms with Gasteiger partial charge in [0.25, 0.3) is 0 Å². The molecule has 0 aliphatic heterocycles. The van der Waals surface area contributed by atoms with Crippen LogP contribution in [0.5, 0.6) is 5.75 Å². The van der Waals surface area contributed by atoms with Crippen molar-refractivity contribution in [2.75, 3.05) is 5.32 Å². The van der Waals surface area contributed by atoms with Gasteiger partial charge in [0.2, 0.25) is 5.91 Å². The zero-order valence-corrected chi connectivity index (χ0v) is 17.0. The Balaban J connectivity index is 1.85. The van der Waals surface area contributed by atoms with E-state index >= 15 is 0 Å². The zero-order valence-electron chi connectivity index (χ0n) is 17.0. The second kappa shape index (κ2) is 8.16. The molecule has 27 heavy (non-hydrogen) atoms. The van der Waals surface area contributed by atoms with E-state index in [1.165, 1.54) is 0 Å². The highest BCUT2D eigenvalue weighted by molar-refractivity contribution is 5.99. The molecule has 0 bridgehead atoms. The summed E-state index contributed by atoms with van der Waals surface area (Å²) in [6.45, 7) is 8.29. The summed E-state index contributed by atoms with van der Waals surface area (Å²) in [6, 6.07) is 14.3. The summed E-state index contributed by atoms with van der Waals surface area (Å²) in [7, 11) is 0. The molecule has 3 heteroatoms. The van der Waals surface area contributed by atoms with E-state index in [4.69, 9.17) is 4.74 Å². The topological polar surface area (TPSA) is 38.3 Å². The van der Waals surface area contributed by atoms with Crippen LogP contribution in [0.2, 0.25) is 0 Å². The molecule has 1 atom stereocenters. The molecule has 3 nitrogen and oxygen atoms in total. The highest BCUT2D eigenvalue weighted by Crippen LogP contribution is 2.42. The van der Waals surface area contributed by atoms with E-state index in [0.29, 0.717) is 0 Å². The van der Waals surface area contributed by atoms with Crippen LogP contribution in [0.1, 0.15) is 62.6 Å². The molecule has 1 saturated carbocycles. The lowest BCUT2D eigenvalue weighted by atomic mass is 9.78. The molecule has 0 radical (unpaired) electrons. The highest BCUT2D eigenvalue weighted by atomic mass is 16.5. The van der Waals surface area contributed by atoms with E-state index in [9.17, 15) is 4.79 Å². The maximum Gasteiger partial charge on any atom is 0.235 e. The van der Waals surface area contributed by atoms with Crippen LogP contribution < -0.4 is 10.1 Å². The summed E-state index contributed by atoms with van der Waals surface area (Å²) in [5.74, 6) is 1.04. The number of carbonyl (C=O) groups excluding carboxylic acids is 1. The van der Waals surface area contributed by atoms with Crippen LogP contribution in [0.15, 0.2) is 42.5 Å². The van der Waals surface area contributed by atoms with E-state index in [2.05, 4.69) is 31.3 Å². The number of rotatable bonds is 6. The van der Waals surface area contributed by atoms with E-state index in [-0.39, 0.29) is 12.0 Å². The van der Waals surface area contributed by atoms with Gasteiger partial charge in [-0.25, -0.2) is 0 Å². The molecule has 1 aliphatic rings. The molecule has 1 aliphatic carbocycles. The highest BCUT2D eigenvalue weighted by Gasteiger charge is 2.42. The predicted octanol–water partition coefficient (Wildman–Crippen LogP) is 5.93. The van der Waals surface area contributed by atoms with Crippen LogP contribution in [0, 0.1) is 13.8 Å². The Morgan fingerprint density at radius 2 is 1.70 bits per heavy atom. The SMILES string of the molecule is CC[C@H](C)Oc1c(C)cc(NC(=O)C2(c3ccccc3)CCCC2)cc1C. The molecule has 3 rings (SSSR count). The third kappa shape index (κ3) is 4.02. The largest absolute Gasteiger partial charge is 0.490 e. The summed E-state index contributed by atoms with van der Waals surface area (Å²) in [6.07, 6.45) is 5.18. The number of hydrogen-bond donors (Lipinski definition) is 1. The monoisotopic (exact) mass is 365 g/mol. The molecule has 1 amide bonds. The molecule has 2 aromatic carbocycles. The summed E-state index contributed by atoms with van der Waals surface area (Å²) < 4.78 is 6.06. The Labute approximate surface area is 163 Å². The molecule has 1 fully saturated rings. The first-order chi connectivity index (χ1) is 13.0. The van der Waals surface area contributed by atoms with Crippen LogP contribution in [0.3, 0.4) is 0 Å². The zero-order chi connectivity index (χ0) is 19.4. The molecule has 0 aromatic heterocycles. The number of hydrogen-bond acceptors (Lipinski definition) is 2. The van der Waals surface area contributed by atoms with E-state index in [0.717, 1.165) is 60.2 Å². The number of amides is 1. The maximum absolute atomic E-state index is 13.3. The minimum Gasteiger partial charge on any atom is -0.490 e. The number of ether oxygens (including phenoxy) is 1. The number of anilines is 1. The average molecular weight is 366 g/mol. The smallest absolute Gasteiger partial charge is 0.235 e. The molecule has 0 unspecified atom stereocenters. The van der Waals surface area contributed by atoms with Crippen molar-refractivity contribution in [2.45, 2.75) is 71.3 Å². The van der Waals surface area contributed by atoms with E-state index in [1.807, 2.05) is 44.2 Å². The van der Waals surface area contributed by atoms with E-state index < -0.39 is 5.41 Å². The van der Waals surface area contributed by atoms with Gasteiger partial charge in [-0.05, 0) is 68.9 Å². The van der Waals surface area contributed by atoms with Crippen LogP contribution in [0.25, 0.3) is 0 Å². The lowest BCUT2D eigenvalue weighted by Gasteiger charge is -2.28. The fourth-order valence-electron chi connectivity index (χ4n) is 4.13. The van der Waals surface area contributed by atoms with Gasteiger partial charge in [-0.1, -0.05) is 50.1 Å². The second-order valence-electron chi connectivity index (χ2n) is 7.89. The lowest BCUT2D eigenvalue weighted by molar-refractivity contribution is -0.121. The third-order valence-electron chi connectivity index (χ3n) is 5.83. The first kappa shape index (κ1) is 19.5. The van der Waals surface area contributed by atoms with Crippen LogP contribution in [-0.2, 0) is 10.2 Å². The normalized spacial score (nSPS) is 16.7. The minimum absolute atomic E-state index is 0.112. The van der Waals surface area contributed by atoms with Gasteiger partial charge < -0.3 is 10.1 Å². The van der Waals surface area contributed by atoms with Crippen molar-refractivity contribution in [1.29, 1.82) is 0 Å². The number of carbonyl (C=O) groups is 1. The van der Waals surface area contributed by atoms with Gasteiger partial charge in [0.1, 0.15) is 5.75 Å². The van der Waals surface area contributed by atoms with Crippen molar-refractivity contribution < 1.29 is 9.53 Å². The minimum atomic E-state index is -0.408. The van der Waals surface area contributed by atoms with Crippen LogP contribution >= 0.6 is 0 Å². The van der Waals surface area contributed by atoms with Gasteiger partial charge >= 0.3 is 0 Å². The first-order valence-electron chi connectivity index (χ1n) is 10.1. The summed E-state index contributed by atoms with van der Waals surface area (Å²) in [5, 5.41) is 3.20. The Morgan fingerprint density at radius 3 is 2.26 bits per heavy atom. The van der Waals surface area contributed by atoms with Gasteiger partial charge in [-0.3, -0.25) is 4.79 Å². The Hall–Kier alpha value is -2.29. The summed E-state index contributed by atoms with van der Waals surface area (Å²) in [5.41, 5.74) is 3.70. The fraction of sp³-hybridized carbons (Fsp3) is 0.458.